The summed E-state index contributed by atoms with van der Waals surface area (Å²) in [6, 6.07) is 10.3. The maximum Gasteiger partial charge on any atom is 0.137 e. The van der Waals surface area contributed by atoms with Crippen LogP contribution < -0.4 is 0 Å². The Labute approximate surface area is 103 Å². The Kier molecular flexibility index (Phi) is 3.59. The Morgan fingerprint density at radius 3 is 2.47 bits per heavy atom. The third kappa shape index (κ3) is 2.39. The van der Waals surface area contributed by atoms with E-state index in [1.54, 1.807) is 0 Å². The van der Waals surface area contributed by atoms with E-state index < -0.39 is 0 Å². The summed E-state index contributed by atoms with van der Waals surface area (Å²) in [4.78, 5) is 10.3. The molecule has 1 aromatic heterocycles. The summed E-state index contributed by atoms with van der Waals surface area (Å²) in [5, 5.41) is 0. The van der Waals surface area contributed by atoms with Crippen LogP contribution in [0.15, 0.2) is 30.3 Å². The van der Waals surface area contributed by atoms with Crippen molar-refractivity contribution < 1.29 is 0 Å². The van der Waals surface area contributed by atoms with Gasteiger partial charge in [-0.3, -0.25) is 4.90 Å². The maximum absolute atomic E-state index is 4.61. The lowest BCUT2D eigenvalue weighted by Gasteiger charge is -2.04. The first-order chi connectivity index (χ1) is 8.33. The predicted molar refractivity (Wildman–Crippen MR) is 70.5 cm³/mol. The Morgan fingerprint density at radius 1 is 1.12 bits per heavy atom. The van der Waals surface area contributed by atoms with Gasteiger partial charge in [0.2, 0.25) is 0 Å². The third-order valence-corrected chi connectivity index (χ3v) is 2.76. The highest BCUT2D eigenvalue weighted by Crippen LogP contribution is 2.23. The van der Waals surface area contributed by atoms with Crippen molar-refractivity contribution in [2.45, 2.75) is 26.9 Å². The third-order valence-electron chi connectivity index (χ3n) is 2.76. The molecule has 0 unspecified atom stereocenters. The standard InChI is InChI=1S/C12H13N3.C2H6/c1-15-7-10-11(8-15)14-12(13-10)9-5-3-2-4-6-9;1-2/h2-6H,7-8H2,1H3,(H,13,14);1-2H3. The van der Waals surface area contributed by atoms with Crippen LogP contribution in [0.25, 0.3) is 11.4 Å². The lowest BCUT2D eigenvalue weighted by Crippen LogP contribution is -2.09. The van der Waals surface area contributed by atoms with Crippen molar-refractivity contribution in [2.24, 2.45) is 0 Å². The van der Waals surface area contributed by atoms with Crippen molar-refractivity contribution in [3.8, 4) is 11.4 Å². The number of benzene rings is 1. The second kappa shape index (κ2) is 5.15. The van der Waals surface area contributed by atoms with Gasteiger partial charge in [0.15, 0.2) is 0 Å². The topological polar surface area (TPSA) is 31.9 Å². The number of aromatic nitrogens is 2. The molecule has 0 atom stereocenters. The quantitative estimate of drug-likeness (QED) is 0.815. The van der Waals surface area contributed by atoms with E-state index in [1.165, 1.54) is 11.4 Å². The van der Waals surface area contributed by atoms with Crippen LogP contribution in [-0.4, -0.2) is 21.9 Å². The smallest absolute Gasteiger partial charge is 0.137 e. The first-order valence-electron chi connectivity index (χ1n) is 6.14. The lowest BCUT2D eigenvalue weighted by molar-refractivity contribution is 0.347. The van der Waals surface area contributed by atoms with Crippen molar-refractivity contribution in [1.29, 1.82) is 0 Å². The zero-order valence-electron chi connectivity index (χ0n) is 10.7. The minimum atomic E-state index is 0.957. The van der Waals surface area contributed by atoms with E-state index in [-0.39, 0.29) is 0 Å². The van der Waals surface area contributed by atoms with Crippen LogP contribution in [0.4, 0.5) is 0 Å². The van der Waals surface area contributed by atoms with Gasteiger partial charge < -0.3 is 4.98 Å². The minimum absolute atomic E-state index is 0.957. The summed E-state index contributed by atoms with van der Waals surface area (Å²) < 4.78 is 0. The van der Waals surface area contributed by atoms with Gasteiger partial charge >= 0.3 is 0 Å². The highest BCUT2D eigenvalue weighted by atomic mass is 15.2. The van der Waals surface area contributed by atoms with Crippen LogP contribution in [0.1, 0.15) is 25.2 Å². The molecule has 0 radical (unpaired) electrons. The normalized spacial score (nSPS) is 14.1. The monoisotopic (exact) mass is 229 g/mol. The molecule has 0 amide bonds. The molecule has 3 nitrogen and oxygen atoms in total. The Balaban J connectivity index is 0.000000514. The van der Waals surface area contributed by atoms with Crippen molar-refractivity contribution in [3.63, 3.8) is 0 Å². The average molecular weight is 229 g/mol. The van der Waals surface area contributed by atoms with Gasteiger partial charge in [0.25, 0.3) is 0 Å². The molecule has 2 heterocycles. The number of imidazole rings is 1. The number of nitrogens with one attached hydrogen (secondary N) is 1. The molecular formula is C14H19N3. The first kappa shape index (κ1) is 11.9. The molecule has 1 aliphatic heterocycles. The summed E-state index contributed by atoms with van der Waals surface area (Å²) in [5.74, 6) is 0.994. The molecule has 0 saturated heterocycles. The molecule has 1 N–H and O–H groups in total. The summed E-state index contributed by atoms with van der Waals surface area (Å²) in [6.45, 7) is 5.94. The lowest BCUT2D eigenvalue weighted by atomic mass is 10.2. The van der Waals surface area contributed by atoms with Crippen LogP contribution >= 0.6 is 0 Å². The highest BCUT2D eigenvalue weighted by molar-refractivity contribution is 5.55. The van der Waals surface area contributed by atoms with E-state index in [9.17, 15) is 0 Å². The molecule has 3 heteroatoms. The van der Waals surface area contributed by atoms with E-state index in [0.717, 1.165) is 24.5 Å². The van der Waals surface area contributed by atoms with Gasteiger partial charge in [-0.25, -0.2) is 4.98 Å². The number of hydrogen-bond acceptors (Lipinski definition) is 2. The van der Waals surface area contributed by atoms with Crippen molar-refractivity contribution in [1.82, 2.24) is 14.9 Å². The summed E-state index contributed by atoms with van der Waals surface area (Å²) in [6.07, 6.45) is 0. The van der Waals surface area contributed by atoms with Gasteiger partial charge in [0.1, 0.15) is 5.82 Å². The molecule has 0 aliphatic carbocycles. The van der Waals surface area contributed by atoms with Crippen LogP contribution in [-0.2, 0) is 13.1 Å². The van der Waals surface area contributed by atoms with Crippen molar-refractivity contribution >= 4 is 0 Å². The summed E-state index contributed by atoms with van der Waals surface area (Å²) in [7, 11) is 2.11. The number of aromatic amines is 1. The van der Waals surface area contributed by atoms with E-state index in [4.69, 9.17) is 0 Å². The highest BCUT2D eigenvalue weighted by Gasteiger charge is 2.20. The molecule has 0 fully saturated rings. The Hall–Kier alpha value is -1.61. The average Bonchev–Trinajstić information content (AvgIpc) is 2.90. The summed E-state index contributed by atoms with van der Waals surface area (Å²) in [5.41, 5.74) is 3.61. The van der Waals surface area contributed by atoms with Crippen LogP contribution in [0.5, 0.6) is 0 Å². The number of nitrogens with zero attached hydrogens (tertiary/aromatic N) is 2. The minimum Gasteiger partial charge on any atom is -0.341 e. The van der Waals surface area contributed by atoms with Gasteiger partial charge in [-0.2, -0.15) is 0 Å². The van der Waals surface area contributed by atoms with Gasteiger partial charge in [-0.05, 0) is 7.05 Å². The fourth-order valence-corrected chi connectivity index (χ4v) is 2.02. The van der Waals surface area contributed by atoms with Gasteiger partial charge in [-0.15, -0.1) is 0 Å². The second-order valence-corrected chi connectivity index (χ2v) is 4.05. The largest absolute Gasteiger partial charge is 0.341 e. The SMILES string of the molecule is CC.CN1Cc2nc(-c3ccccc3)[nH]c2C1. The molecule has 17 heavy (non-hydrogen) atoms. The van der Waals surface area contributed by atoms with E-state index in [0.29, 0.717) is 0 Å². The molecule has 0 saturated carbocycles. The fraction of sp³-hybridized carbons (Fsp3) is 0.357. The second-order valence-electron chi connectivity index (χ2n) is 4.05. The molecule has 1 aromatic carbocycles. The van der Waals surface area contributed by atoms with Crippen LogP contribution in [0.3, 0.4) is 0 Å². The molecule has 1 aliphatic rings. The van der Waals surface area contributed by atoms with Crippen molar-refractivity contribution in [2.75, 3.05) is 7.05 Å². The predicted octanol–water partition coefficient (Wildman–Crippen LogP) is 3.05. The molecule has 0 spiro atoms. The van der Waals surface area contributed by atoms with E-state index in [1.807, 2.05) is 32.0 Å². The number of hydrogen-bond donors (Lipinski definition) is 1. The number of H-pyrrole nitrogens is 1. The van der Waals surface area contributed by atoms with Gasteiger partial charge in [0.05, 0.1) is 11.4 Å². The Morgan fingerprint density at radius 2 is 1.82 bits per heavy atom. The first-order valence-corrected chi connectivity index (χ1v) is 6.14. The fourth-order valence-electron chi connectivity index (χ4n) is 2.02. The molecule has 2 aromatic rings. The molecule has 90 valence electrons. The van der Waals surface area contributed by atoms with Crippen LogP contribution in [0, 0.1) is 0 Å². The Bertz CT molecular complexity index is 450. The maximum atomic E-state index is 4.61. The van der Waals surface area contributed by atoms with Gasteiger partial charge in [0, 0.05) is 18.7 Å². The zero-order valence-corrected chi connectivity index (χ0v) is 10.7. The molecular weight excluding hydrogens is 210 g/mol. The van der Waals surface area contributed by atoms with Crippen molar-refractivity contribution in [3.05, 3.63) is 41.7 Å². The number of rotatable bonds is 1. The molecule has 0 bridgehead atoms. The summed E-state index contributed by atoms with van der Waals surface area (Å²) >= 11 is 0. The van der Waals surface area contributed by atoms with E-state index in [2.05, 4.69) is 34.0 Å². The van der Waals surface area contributed by atoms with Gasteiger partial charge in [-0.1, -0.05) is 44.2 Å². The van der Waals surface area contributed by atoms with Crippen LogP contribution in [0.2, 0.25) is 0 Å². The molecule has 3 rings (SSSR count). The number of fused-ring (bicyclic) bond motifs is 1. The van der Waals surface area contributed by atoms with E-state index >= 15 is 0 Å². The zero-order chi connectivity index (χ0) is 12.3.